The molecule has 0 aromatic rings. The number of nitrogens with one attached hydrogen (secondary N) is 1. The van der Waals surface area contributed by atoms with Crippen molar-refractivity contribution in [2.45, 2.75) is 65.8 Å². The molecule has 2 rings (SSSR count). The lowest BCUT2D eigenvalue weighted by atomic mass is 9.68. The van der Waals surface area contributed by atoms with Crippen LogP contribution in [0.15, 0.2) is 0 Å². The number of hydrogen-bond donors (Lipinski definition) is 1. The third-order valence-electron chi connectivity index (χ3n) is 5.64. The molecule has 112 valence electrons. The first kappa shape index (κ1) is 15.3. The normalized spacial score (nSPS) is 25.1. The molecule has 1 N–H and O–H groups in total. The zero-order chi connectivity index (χ0) is 13.9. The fraction of sp³-hybridized carbons (Fsp3) is 1.00. The van der Waals surface area contributed by atoms with E-state index in [2.05, 4.69) is 37.9 Å². The molecule has 0 aromatic heterocycles. The van der Waals surface area contributed by atoms with Crippen LogP contribution in [-0.4, -0.2) is 37.1 Å². The molecule has 0 bridgehead atoms. The molecule has 0 amide bonds. The van der Waals surface area contributed by atoms with Gasteiger partial charge in [0.2, 0.25) is 0 Å². The predicted octanol–water partition coefficient (Wildman–Crippen LogP) is 3.52. The maximum Gasteiger partial charge on any atom is 0.00385 e. The summed E-state index contributed by atoms with van der Waals surface area (Å²) in [5.74, 6) is 1.91. The number of likely N-dealkylation sites (tertiary alicyclic amines) is 1. The van der Waals surface area contributed by atoms with Gasteiger partial charge in [0, 0.05) is 6.04 Å². The molecule has 2 heteroatoms. The zero-order valence-electron chi connectivity index (χ0n) is 13.5. The SMILES string of the molecule is CC(C)N1CCC(CC(C)(C)C2CCNCC2)CC1. The van der Waals surface area contributed by atoms with Gasteiger partial charge in [-0.15, -0.1) is 0 Å². The summed E-state index contributed by atoms with van der Waals surface area (Å²) in [5, 5.41) is 3.50. The predicted molar refractivity (Wildman–Crippen MR) is 83.4 cm³/mol. The van der Waals surface area contributed by atoms with Crippen LogP contribution in [0.2, 0.25) is 0 Å². The summed E-state index contributed by atoms with van der Waals surface area (Å²) in [6, 6.07) is 0.735. The molecular weight excluding hydrogens is 232 g/mol. The topological polar surface area (TPSA) is 15.3 Å². The van der Waals surface area contributed by atoms with E-state index in [9.17, 15) is 0 Å². The molecule has 19 heavy (non-hydrogen) atoms. The standard InChI is InChI=1S/C17H34N2/c1-14(2)19-11-7-15(8-12-19)13-17(3,4)16-5-9-18-10-6-16/h14-16,18H,5-13H2,1-4H3. The van der Waals surface area contributed by atoms with Gasteiger partial charge >= 0.3 is 0 Å². The Kier molecular flexibility index (Phi) is 5.30. The third-order valence-corrected chi connectivity index (χ3v) is 5.64. The Hall–Kier alpha value is -0.0800. The van der Waals surface area contributed by atoms with E-state index in [1.54, 1.807) is 0 Å². The highest BCUT2D eigenvalue weighted by atomic mass is 15.1. The second kappa shape index (κ2) is 6.58. The summed E-state index contributed by atoms with van der Waals surface area (Å²) in [4.78, 5) is 2.65. The molecule has 0 aliphatic carbocycles. The Labute approximate surface area is 120 Å². The molecule has 2 aliphatic heterocycles. The van der Waals surface area contributed by atoms with Crippen LogP contribution in [0, 0.1) is 17.3 Å². The van der Waals surface area contributed by atoms with Gasteiger partial charge in [-0.25, -0.2) is 0 Å². The lowest BCUT2D eigenvalue weighted by molar-refractivity contribution is 0.0847. The fourth-order valence-corrected chi connectivity index (χ4v) is 4.19. The maximum absolute atomic E-state index is 3.50. The van der Waals surface area contributed by atoms with E-state index in [0.29, 0.717) is 5.41 Å². The minimum Gasteiger partial charge on any atom is -0.317 e. The first-order valence-corrected chi connectivity index (χ1v) is 8.44. The van der Waals surface area contributed by atoms with Crippen LogP contribution in [0.4, 0.5) is 0 Å². The highest BCUT2D eigenvalue weighted by molar-refractivity contribution is 4.86. The number of rotatable bonds is 4. The van der Waals surface area contributed by atoms with Gasteiger partial charge in [0.15, 0.2) is 0 Å². The largest absolute Gasteiger partial charge is 0.317 e. The van der Waals surface area contributed by atoms with Crippen molar-refractivity contribution in [3.8, 4) is 0 Å². The summed E-state index contributed by atoms with van der Waals surface area (Å²) in [7, 11) is 0. The van der Waals surface area contributed by atoms with Gasteiger partial charge in [0.05, 0.1) is 0 Å². The Morgan fingerprint density at radius 2 is 1.63 bits per heavy atom. The molecular formula is C17H34N2. The summed E-state index contributed by atoms with van der Waals surface area (Å²) in [6.07, 6.45) is 7.07. The molecule has 0 atom stereocenters. The lowest BCUT2D eigenvalue weighted by Crippen LogP contribution is -2.41. The second-order valence-electron chi connectivity index (χ2n) is 7.79. The van der Waals surface area contributed by atoms with Gasteiger partial charge in [-0.1, -0.05) is 13.8 Å². The Bertz CT molecular complexity index is 258. The van der Waals surface area contributed by atoms with E-state index >= 15 is 0 Å². The van der Waals surface area contributed by atoms with E-state index < -0.39 is 0 Å². The van der Waals surface area contributed by atoms with Crippen LogP contribution in [0.25, 0.3) is 0 Å². The van der Waals surface area contributed by atoms with Crippen LogP contribution in [0.1, 0.15) is 59.8 Å². The molecule has 0 aromatic carbocycles. The fourth-order valence-electron chi connectivity index (χ4n) is 4.19. The first-order chi connectivity index (χ1) is 8.99. The second-order valence-corrected chi connectivity index (χ2v) is 7.79. The highest BCUT2D eigenvalue weighted by Gasteiger charge is 2.34. The molecule has 0 saturated carbocycles. The van der Waals surface area contributed by atoms with E-state index in [0.717, 1.165) is 17.9 Å². The van der Waals surface area contributed by atoms with E-state index in [1.165, 1.54) is 58.3 Å². The van der Waals surface area contributed by atoms with Crippen LogP contribution >= 0.6 is 0 Å². The van der Waals surface area contributed by atoms with Gasteiger partial charge in [-0.05, 0) is 89.4 Å². The lowest BCUT2D eigenvalue weighted by Gasteiger charge is -2.42. The van der Waals surface area contributed by atoms with Gasteiger partial charge in [0.1, 0.15) is 0 Å². The third kappa shape index (κ3) is 4.19. The number of piperidine rings is 2. The highest BCUT2D eigenvalue weighted by Crippen LogP contribution is 2.41. The molecule has 2 aliphatic rings. The van der Waals surface area contributed by atoms with Crippen molar-refractivity contribution in [3.63, 3.8) is 0 Å². The minimum atomic E-state index is 0.548. The molecule has 0 radical (unpaired) electrons. The Balaban J connectivity index is 1.80. The molecule has 2 nitrogen and oxygen atoms in total. The van der Waals surface area contributed by atoms with Crippen molar-refractivity contribution in [1.29, 1.82) is 0 Å². The molecule has 0 spiro atoms. The van der Waals surface area contributed by atoms with Gasteiger partial charge in [0.25, 0.3) is 0 Å². The van der Waals surface area contributed by atoms with Crippen molar-refractivity contribution in [1.82, 2.24) is 10.2 Å². The number of hydrogen-bond acceptors (Lipinski definition) is 2. The molecule has 0 unspecified atom stereocenters. The van der Waals surface area contributed by atoms with Crippen molar-refractivity contribution in [2.75, 3.05) is 26.2 Å². The Morgan fingerprint density at radius 1 is 1.05 bits per heavy atom. The first-order valence-electron chi connectivity index (χ1n) is 8.44. The quantitative estimate of drug-likeness (QED) is 0.837. The van der Waals surface area contributed by atoms with Gasteiger partial charge in [-0.3, -0.25) is 0 Å². The van der Waals surface area contributed by atoms with E-state index in [1.807, 2.05) is 0 Å². The van der Waals surface area contributed by atoms with Crippen LogP contribution < -0.4 is 5.32 Å². The summed E-state index contributed by atoms with van der Waals surface area (Å²) >= 11 is 0. The van der Waals surface area contributed by atoms with E-state index in [4.69, 9.17) is 0 Å². The molecule has 2 saturated heterocycles. The van der Waals surface area contributed by atoms with Crippen molar-refractivity contribution in [2.24, 2.45) is 17.3 Å². The maximum atomic E-state index is 3.50. The summed E-state index contributed by atoms with van der Waals surface area (Å²) in [5.41, 5.74) is 0.548. The zero-order valence-corrected chi connectivity index (χ0v) is 13.5. The minimum absolute atomic E-state index is 0.548. The average molecular weight is 266 g/mol. The average Bonchev–Trinajstić information content (AvgIpc) is 2.40. The van der Waals surface area contributed by atoms with Crippen molar-refractivity contribution in [3.05, 3.63) is 0 Å². The Morgan fingerprint density at radius 3 is 2.16 bits per heavy atom. The van der Waals surface area contributed by atoms with Gasteiger partial charge < -0.3 is 10.2 Å². The van der Waals surface area contributed by atoms with Crippen molar-refractivity contribution >= 4 is 0 Å². The number of nitrogens with zero attached hydrogens (tertiary/aromatic N) is 1. The molecule has 2 fully saturated rings. The van der Waals surface area contributed by atoms with Crippen LogP contribution in [0.5, 0.6) is 0 Å². The van der Waals surface area contributed by atoms with Gasteiger partial charge in [-0.2, -0.15) is 0 Å². The summed E-state index contributed by atoms with van der Waals surface area (Å²) < 4.78 is 0. The smallest absolute Gasteiger partial charge is 0.00385 e. The van der Waals surface area contributed by atoms with Crippen LogP contribution in [0.3, 0.4) is 0 Å². The monoisotopic (exact) mass is 266 g/mol. The molecule has 2 heterocycles. The summed E-state index contributed by atoms with van der Waals surface area (Å²) in [6.45, 7) is 14.8. The van der Waals surface area contributed by atoms with Crippen molar-refractivity contribution < 1.29 is 0 Å². The van der Waals surface area contributed by atoms with Crippen LogP contribution in [-0.2, 0) is 0 Å². The van der Waals surface area contributed by atoms with E-state index in [-0.39, 0.29) is 0 Å².